The number of nitrogens with one attached hydrogen (secondary N) is 1. The molecular formula is C23H21F2N7O3S. The molecule has 186 valence electrons. The van der Waals surface area contributed by atoms with Crippen molar-refractivity contribution in [1.29, 1.82) is 0 Å². The minimum Gasteiger partial charge on any atom is -0.474 e. The Morgan fingerprint density at radius 1 is 1.17 bits per heavy atom. The molecule has 1 saturated carbocycles. The minimum absolute atomic E-state index is 0.0823. The van der Waals surface area contributed by atoms with Gasteiger partial charge in [0.2, 0.25) is 10.9 Å². The molecule has 1 aromatic carbocycles. The lowest BCUT2D eigenvalue weighted by Crippen LogP contribution is -2.39. The molecule has 0 unspecified atom stereocenters. The summed E-state index contributed by atoms with van der Waals surface area (Å²) in [4.78, 5) is 29.0. The van der Waals surface area contributed by atoms with Gasteiger partial charge in [0.05, 0.1) is 6.20 Å². The number of aryl methyl sites for hydroxylation is 1. The van der Waals surface area contributed by atoms with E-state index in [1.54, 1.807) is 24.0 Å². The Hall–Kier alpha value is -4.00. The van der Waals surface area contributed by atoms with Gasteiger partial charge in [0.25, 0.3) is 11.8 Å². The van der Waals surface area contributed by atoms with Gasteiger partial charge in [-0.05, 0) is 43.9 Å². The van der Waals surface area contributed by atoms with Crippen molar-refractivity contribution >= 4 is 34.2 Å². The van der Waals surface area contributed by atoms with E-state index < -0.39 is 23.4 Å². The van der Waals surface area contributed by atoms with Gasteiger partial charge in [0.15, 0.2) is 10.7 Å². The molecule has 36 heavy (non-hydrogen) atoms. The maximum absolute atomic E-state index is 14.0. The third-order valence-corrected chi connectivity index (χ3v) is 6.96. The highest BCUT2D eigenvalue weighted by atomic mass is 32.1. The summed E-state index contributed by atoms with van der Waals surface area (Å²) in [6, 6.07) is 4.64. The first-order valence-corrected chi connectivity index (χ1v) is 12.0. The van der Waals surface area contributed by atoms with Crippen LogP contribution in [0.4, 0.5) is 8.78 Å². The summed E-state index contributed by atoms with van der Waals surface area (Å²) in [6.45, 7) is 0. The summed E-state index contributed by atoms with van der Waals surface area (Å²) in [5.74, 6) is -2.35. The Bertz CT molecular complexity index is 1460. The highest BCUT2D eigenvalue weighted by Crippen LogP contribution is 2.29. The molecule has 13 heteroatoms. The lowest BCUT2D eigenvalue weighted by atomic mass is 9.93. The van der Waals surface area contributed by atoms with Crippen LogP contribution >= 0.6 is 11.3 Å². The largest absolute Gasteiger partial charge is 0.474 e. The van der Waals surface area contributed by atoms with Crippen molar-refractivity contribution < 1.29 is 23.1 Å². The summed E-state index contributed by atoms with van der Waals surface area (Å²) in [5.41, 5.74) is 6.37. The van der Waals surface area contributed by atoms with Gasteiger partial charge in [-0.1, -0.05) is 11.3 Å². The van der Waals surface area contributed by atoms with Crippen LogP contribution in [-0.2, 0) is 7.05 Å². The topological polar surface area (TPSA) is 138 Å². The number of rotatable bonds is 6. The molecule has 3 heterocycles. The van der Waals surface area contributed by atoms with E-state index in [4.69, 9.17) is 10.5 Å². The van der Waals surface area contributed by atoms with E-state index in [0.29, 0.717) is 36.7 Å². The smallest absolute Gasteiger partial charge is 0.282 e. The summed E-state index contributed by atoms with van der Waals surface area (Å²) < 4.78 is 34.8. The molecule has 3 N–H and O–H groups in total. The molecule has 0 aliphatic heterocycles. The van der Waals surface area contributed by atoms with Crippen LogP contribution in [-0.4, -0.2) is 48.9 Å². The van der Waals surface area contributed by atoms with Gasteiger partial charge < -0.3 is 15.8 Å². The number of hydrogen-bond donors (Lipinski definition) is 2. The van der Waals surface area contributed by atoms with Crippen LogP contribution in [0.5, 0.6) is 5.88 Å². The van der Waals surface area contributed by atoms with Crippen molar-refractivity contribution in [3.8, 4) is 16.5 Å². The van der Waals surface area contributed by atoms with E-state index >= 15 is 0 Å². The van der Waals surface area contributed by atoms with Crippen LogP contribution in [0.1, 0.15) is 45.8 Å². The average molecular weight is 514 g/mol. The van der Waals surface area contributed by atoms with Crippen molar-refractivity contribution in [3.63, 3.8) is 0 Å². The van der Waals surface area contributed by atoms with Crippen molar-refractivity contribution in [2.75, 3.05) is 0 Å². The van der Waals surface area contributed by atoms with Gasteiger partial charge in [-0.25, -0.2) is 8.78 Å². The number of fused-ring (bicyclic) bond motifs is 1. The Kier molecular flexibility index (Phi) is 6.31. The predicted molar refractivity (Wildman–Crippen MR) is 126 cm³/mol. The van der Waals surface area contributed by atoms with Crippen LogP contribution in [0, 0.1) is 11.6 Å². The lowest BCUT2D eigenvalue weighted by Gasteiger charge is -2.29. The quantitative estimate of drug-likeness (QED) is 0.404. The fraction of sp³-hybridized carbons (Fsp3) is 0.304. The average Bonchev–Trinajstić information content (AvgIpc) is 3.47. The number of hydrogen-bond acceptors (Lipinski definition) is 8. The van der Waals surface area contributed by atoms with Crippen LogP contribution in [0.2, 0.25) is 0 Å². The van der Waals surface area contributed by atoms with Gasteiger partial charge in [0, 0.05) is 30.1 Å². The Morgan fingerprint density at radius 3 is 2.67 bits per heavy atom. The molecule has 0 atom stereocenters. The Morgan fingerprint density at radius 2 is 1.94 bits per heavy atom. The van der Waals surface area contributed by atoms with Crippen LogP contribution in [0.25, 0.3) is 21.6 Å². The van der Waals surface area contributed by atoms with Gasteiger partial charge in [0.1, 0.15) is 23.3 Å². The molecule has 4 aromatic rings. The number of pyridine rings is 1. The van der Waals surface area contributed by atoms with Gasteiger partial charge in [-0.2, -0.15) is 10.1 Å². The number of primary amides is 1. The first kappa shape index (κ1) is 23.7. The first-order valence-electron chi connectivity index (χ1n) is 11.2. The molecule has 0 saturated heterocycles. The maximum Gasteiger partial charge on any atom is 0.282 e. The number of amides is 2. The minimum atomic E-state index is -0.770. The van der Waals surface area contributed by atoms with Crippen molar-refractivity contribution in [3.05, 3.63) is 52.7 Å². The zero-order chi connectivity index (χ0) is 25.4. The number of halogens is 2. The zero-order valence-corrected chi connectivity index (χ0v) is 19.9. The number of benzene rings is 1. The zero-order valence-electron chi connectivity index (χ0n) is 19.1. The number of nitrogens with two attached hydrogens (primary N) is 1. The third kappa shape index (κ3) is 4.73. The van der Waals surface area contributed by atoms with Crippen molar-refractivity contribution in [2.45, 2.75) is 37.8 Å². The molecule has 1 fully saturated rings. The third-order valence-electron chi connectivity index (χ3n) is 6.01. The lowest BCUT2D eigenvalue weighted by molar-refractivity contribution is 0.0880. The number of carbonyl (C=O) groups is 2. The predicted octanol–water partition coefficient (Wildman–Crippen LogP) is 2.98. The number of nitrogens with zero attached hydrogens (tertiary/aromatic N) is 5. The fourth-order valence-electron chi connectivity index (χ4n) is 4.14. The number of ether oxygens (including phenoxy) is 1. The first-order chi connectivity index (χ1) is 17.3. The second-order valence-electron chi connectivity index (χ2n) is 8.49. The normalized spacial score (nSPS) is 17.8. The highest BCUT2D eigenvalue weighted by molar-refractivity contribution is 7.16. The Balaban J connectivity index is 1.20. The van der Waals surface area contributed by atoms with E-state index in [0.717, 1.165) is 23.5 Å². The monoisotopic (exact) mass is 513 g/mol. The van der Waals surface area contributed by atoms with Crippen LogP contribution < -0.4 is 15.8 Å². The van der Waals surface area contributed by atoms with Crippen molar-refractivity contribution in [2.24, 2.45) is 12.8 Å². The molecule has 0 radical (unpaired) electrons. The molecule has 0 spiro atoms. The van der Waals surface area contributed by atoms with Gasteiger partial charge in [-0.15, -0.1) is 10.2 Å². The molecule has 3 aromatic heterocycles. The van der Waals surface area contributed by atoms with E-state index in [1.165, 1.54) is 6.07 Å². The molecule has 5 rings (SSSR count). The van der Waals surface area contributed by atoms with E-state index in [-0.39, 0.29) is 39.2 Å². The summed E-state index contributed by atoms with van der Waals surface area (Å²) in [5, 5.41) is 15.8. The molecule has 1 aliphatic rings. The molecule has 0 bridgehead atoms. The van der Waals surface area contributed by atoms with Gasteiger partial charge in [-0.3, -0.25) is 14.3 Å². The number of aromatic nitrogens is 5. The fourth-order valence-corrected chi connectivity index (χ4v) is 4.92. The summed E-state index contributed by atoms with van der Waals surface area (Å²) >= 11 is 0.932. The van der Waals surface area contributed by atoms with E-state index in [2.05, 4.69) is 25.6 Å². The Labute approximate surface area is 207 Å². The van der Waals surface area contributed by atoms with E-state index in [1.807, 2.05) is 0 Å². The molecule has 2 amide bonds. The second kappa shape index (κ2) is 9.57. The molecule has 10 nitrogen and oxygen atoms in total. The number of carbonyl (C=O) groups excluding carboxylic acids is 2. The second-order valence-corrected chi connectivity index (χ2v) is 9.47. The molecular weight excluding hydrogens is 492 g/mol. The SMILES string of the molecule is Cn1ncc2cc(C(N)=O)c(O[C@H]3CC[C@H](NC(=O)c4nnc(-c5ccc(F)cc5F)s4)CC3)nc21. The van der Waals surface area contributed by atoms with Gasteiger partial charge >= 0.3 is 0 Å². The summed E-state index contributed by atoms with van der Waals surface area (Å²) in [7, 11) is 1.74. The van der Waals surface area contributed by atoms with Crippen LogP contribution in [0.15, 0.2) is 30.5 Å². The summed E-state index contributed by atoms with van der Waals surface area (Å²) in [6.07, 6.45) is 3.91. The highest BCUT2D eigenvalue weighted by Gasteiger charge is 2.27. The van der Waals surface area contributed by atoms with Crippen LogP contribution in [0.3, 0.4) is 0 Å². The van der Waals surface area contributed by atoms with Crippen molar-refractivity contribution in [1.82, 2.24) is 30.3 Å². The van der Waals surface area contributed by atoms with E-state index in [9.17, 15) is 18.4 Å². The molecule has 1 aliphatic carbocycles. The maximum atomic E-state index is 14.0. The standard InChI is InChI=1S/C23H21F2N7O3S/c1-32-19-11(10-27-32)8-16(18(26)33)21(29-19)35-14-5-3-13(4-6-14)28-20(34)23-31-30-22(36-23)15-7-2-12(24)9-17(15)25/h2,7-10,13-14H,3-6H2,1H3,(H2,26,33)(H,28,34)/t13-,14-.